The van der Waals surface area contributed by atoms with E-state index in [1.807, 2.05) is 0 Å². The number of halogens is 1. The molecule has 1 saturated heterocycles. The summed E-state index contributed by atoms with van der Waals surface area (Å²) < 4.78 is 1.52. The van der Waals surface area contributed by atoms with Gasteiger partial charge in [0.25, 0.3) is 0 Å². The molecule has 1 atom stereocenters. The maximum absolute atomic E-state index is 12.7. The Kier molecular flexibility index (Phi) is 3.41. The summed E-state index contributed by atoms with van der Waals surface area (Å²) in [6.07, 6.45) is 0.0854. The van der Waals surface area contributed by atoms with Gasteiger partial charge in [0.2, 0.25) is 11.8 Å². The molecule has 1 aromatic heterocycles. The van der Waals surface area contributed by atoms with Crippen molar-refractivity contribution in [2.45, 2.75) is 19.3 Å². The molecule has 2 heterocycles. The zero-order chi connectivity index (χ0) is 16.0. The van der Waals surface area contributed by atoms with Gasteiger partial charge < -0.3 is 5.73 Å². The maximum atomic E-state index is 12.7. The molecule has 1 aliphatic heterocycles. The number of nitrogens with zero attached hydrogens (tertiary/aromatic N) is 3. The summed E-state index contributed by atoms with van der Waals surface area (Å²) in [5, 5.41) is 4.69. The van der Waals surface area contributed by atoms with Gasteiger partial charge in [0.05, 0.1) is 17.3 Å². The highest BCUT2D eigenvalue weighted by molar-refractivity contribution is 6.31. The molecule has 6 nitrogen and oxygen atoms in total. The van der Waals surface area contributed by atoms with E-state index < -0.39 is 5.92 Å². The third kappa shape index (κ3) is 2.16. The number of aryl methyl sites for hydroxylation is 2. The lowest BCUT2D eigenvalue weighted by Gasteiger charge is -2.15. The van der Waals surface area contributed by atoms with Gasteiger partial charge in [-0.25, -0.2) is 4.90 Å². The second-order valence-corrected chi connectivity index (χ2v) is 5.75. The van der Waals surface area contributed by atoms with Crippen LogP contribution in [0.2, 0.25) is 5.02 Å². The zero-order valence-corrected chi connectivity index (χ0v) is 13.0. The molecule has 3 rings (SSSR count). The van der Waals surface area contributed by atoms with E-state index in [2.05, 4.69) is 5.10 Å². The molecule has 0 aliphatic carbocycles. The summed E-state index contributed by atoms with van der Waals surface area (Å²) in [6.45, 7) is 1.78. The number of carbonyl (C=O) groups is 2. The Balaban J connectivity index is 2.02. The van der Waals surface area contributed by atoms with Crippen LogP contribution in [0.4, 0.5) is 11.5 Å². The number of nitrogen functional groups attached to an aromatic ring is 1. The Morgan fingerprint density at radius 3 is 2.68 bits per heavy atom. The van der Waals surface area contributed by atoms with Crippen LogP contribution in [0.15, 0.2) is 24.3 Å². The Bertz CT molecular complexity index is 784. The number of imide groups is 1. The fraction of sp³-hybridized carbons (Fsp3) is 0.267. The van der Waals surface area contributed by atoms with Crippen molar-refractivity contribution in [2.24, 2.45) is 7.05 Å². The van der Waals surface area contributed by atoms with Gasteiger partial charge in [0.1, 0.15) is 5.82 Å². The average Bonchev–Trinajstić information content (AvgIpc) is 2.86. The number of carbonyl (C=O) groups excluding carboxylic acids is 2. The van der Waals surface area contributed by atoms with Gasteiger partial charge in [0, 0.05) is 24.1 Å². The van der Waals surface area contributed by atoms with Gasteiger partial charge in [-0.15, -0.1) is 0 Å². The minimum absolute atomic E-state index is 0.0854. The topological polar surface area (TPSA) is 81.2 Å². The number of aromatic nitrogens is 2. The van der Waals surface area contributed by atoms with Gasteiger partial charge >= 0.3 is 0 Å². The summed E-state index contributed by atoms with van der Waals surface area (Å²) in [5.41, 5.74) is 7.77. The SMILES string of the molecule is Cc1nn(C)c(N)c1C1CC(=O)N(c2cccc(Cl)c2)C1=O. The Morgan fingerprint density at radius 1 is 1.36 bits per heavy atom. The molecule has 2 N–H and O–H groups in total. The minimum atomic E-state index is -0.597. The second kappa shape index (κ2) is 5.14. The van der Waals surface area contributed by atoms with Crippen LogP contribution >= 0.6 is 11.6 Å². The lowest BCUT2D eigenvalue weighted by molar-refractivity contribution is -0.121. The van der Waals surface area contributed by atoms with Crippen LogP contribution in [0, 0.1) is 6.92 Å². The predicted octanol–water partition coefficient (Wildman–Crippen LogP) is 2.01. The number of amides is 2. The molecule has 0 saturated carbocycles. The number of hydrogen-bond acceptors (Lipinski definition) is 4. The molecule has 0 radical (unpaired) electrons. The fourth-order valence-electron chi connectivity index (χ4n) is 2.87. The van der Waals surface area contributed by atoms with E-state index >= 15 is 0 Å². The molecule has 0 spiro atoms. The molecule has 22 heavy (non-hydrogen) atoms. The Hall–Kier alpha value is -2.34. The van der Waals surface area contributed by atoms with Crippen molar-refractivity contribution in [2.75, 3.05) is 10.6 Å². The molecule has 1 aliphatic rings. The van der Waals surface area contributed by atoms with Gasteiger partial charge in [-0.2, -0.15) is 5.10 Å². The van der Waals surface area contributed by atoms with E-state index in [4.69, 9.17) is 17.3 Å². The molecule has 1 unspecified atom stereocenters. The maximum Gasteiger partial charge on any atom is 0.242 e. The molecule has 2 amide bonds. The summed E-state index contributed by atoms with van der Waals surface area (Å²) in [7, 11) is 1.71. The van der Waals surface area contributed by atoms with Gasteiger partial charge in [-0.05, 0) is 25.1 Å². The highest BCUT2D eigenvalue weighted by atomic mass is 35.5. The minimum Gasteiger partial charge on any atom is -0.384 e. The van der Waals surface area contributed by atoms with Gasteiger partial charge in [-0.3, -0.25) is 14.3 Å². The molecule has 7 heteroatoms. The smallest absolute Gasteiger partial charge is 0.242 e. The van der Waals surface area contributed by atoms with Crippen molar-refractivity contribution in [1.82, 2.24) is 9.78 Å². The molecule has 2 aromatic rings. The van der Waals surface area contributed by atoms with E-state index in [-0.39, 0.29) is 18.2 Å². The summed E-state index contributed by atoms with van der Waals surface area (Å²) >= 11 is 5.94. The number of nitrogens with two attached hydrogens (primary N) is 1. The quantitative estimate of drug-likeness (QED) is 0.859. The Labute approximate surface area is 132 Å². The van der Waals surface area contributed by atoms with E-state index in [1.54, 1.807) is 38.2 Å². The van der Waals surface area contributed by atoms with E-state index in [1.165, 1.54) is 9.58 Å². The fourth-order valence-corrected chi connectivity index (χ4v) is 3.05. The van der Waals surface area contributed by atoms with Crippen LogP contribution in [0.1, 0.15) is 23.6 Å². The van der Waals surface area contributed by atoms with Gasteiger partial charge in [-0.1, -0.05) is 17.7 Å². The normalized spacial score (nSPS) is 18.3. The number of hydrogen-bond donors (Lipinski definition) is 1. The van der Waals surface area contributed by atoms with Crippen molar-refractivity contribution < 1.29 is 9.59 Å². The first-order valence-electron chi connectivity index (χ1n) is 6.81. The zero-order valence-electron chi connectivity index (χ0n) is 12.2. The molecule has 114 valence electrons. The van der Waals surface area contributed by atoms with Crippen molar-refractivity contribution in [3.05, 3.63) is 40.5 Å². The monoisotopic (exact) mass is 318 g/mol. The number of benzene rings is 1. The van der Waals surface area contributed by atoms with Crippen molar-refractivity contribution >= 4 is 34.9 Å². The predicted molar refractivity (Wildman–Crippen MR) is 83.7 cm³/mol. The largest absolute Gasteiger partial charge is 0.384 e. The van der Waals surface area contributed by atoms with Crippen LogP contribution in [0.25, 0.3) is 0 Å². The first-order valence-corrected chi connectivity index (χ1v) is 7.19. The number of rotatable bonds is 2. The second-order valence-electron chi connectivity index (χ2n) is 5.31. The van der Waals surface area contributed by atoms with Crippen LogP contribution < -0.4 is 10.6 Å². The van der Waals surface area contributed by atoms with Crippen LogP contribution in [-0.4, -0.2) is 21.6 Å². The Morgan fingerprint density at radius 2 is 2.09 bits per heavy atom. The average molecular weight is 319 g/mol. The van der Waals surface area contributed by atoms with Crippen molar-refractivity contribution in [3.63, 3.8) is 0 Å². The molecular weight excluding hydrogens is 304 g/mol. The van der Waals surface area contributed by atoms with E-state index in [0.717, 1.165) is 0 Å². The highest BCUT2D eigenvalue weighted by Gasteiger charge is 2.42. The van der Waals surface area contributed by atoms with E-state index in [9.17, 15) is 9.59 Å². The third-order valence-corrected chi connectivity index (χ3v) is 4.11. The summed E-state index contributed by atoms with van der Waals surface area (Å²) in [4.78, 5) is 26.2. The van der Waals surface area contributed by atoms with Crippen LogP contribution in [0.5, 0.6) is 0 Å². The third-order valence-electron chi connectivity index (χ3n) is 3.88. The molecule has 1 fully saturated rings. The number of anilines is 2. The lowest BCUT2D eigenvalue weighted by Crippen LogP contribution is -2.30. The van der Waals surface area contributed by atoms with Crippen LogP contribution in [0.3, 0.4) is 0 Å². The molecular formula is C15H15ClN4O2. The van der Waals surface area contributed by atoms with Crippen molar-refractivity contribution in [3.8, 4) is 0 Å². The molecule has 0 bridgehead atoms. The first-order chi connectivity index (χ1) is 10.4. The summed E-state index contributed by atoms with van der Waals surface area (Å²) in [6, 6.07) is 6.68. The standard InChI is InChI=1S/C15H15ClN4O2/c1-8-13(14(17)19(2)18-8)11-7-12(21)20(15(11)22)10-5-3-4-9(16)6-10/h3-6,11H,7,17H2,1-2H3. The highest BCUT2D eigenvalue weighted by Crippen LogP contribution is 2.37. The van der Waals surface area contributed by atoms with Gasteiger partial charge in [0.15, 0.2) is 0 Å². The lowest BCUT2D eigenvalue weighted by atomic mass is 9.97. The van der Waals surface area contributed by atoms with Crippen LogP contribution in [-0.2, 0) is 16.6 Å². The van der Waals surface area contributed by atoms with Crippen molar-refractivity contribution in [1.29, 1.82) is 0 Å². The van der Waals surface area contributed by atoms with E-state index in [0.29, 0.717) is 27.8 Å². The first kappa shape index (κ1) is 14.6. The molecule has 1 aromatic carbocycles. The summed E-state index contributed by atoms with van der Waals surface area (Å²) in [5.74, 6) is -0.744.